The van der Waals surface area contributed by atoms with Gasteiger partial charge < -0.3 is 9.47 Å². The average molecular weight is 319 g/mol. The molecular formula is C7H5F3INO2. The summed E-state index contributed by atoms with van der Waals surface area (Å²) in [6.45, 7) is 0. The number of methoxy groups -OCH3 is 1. The smallest absolute Gasteiger partial charge is 0.478 e. The Labute approximate surface area is 91.4 Å². The molecule has 0 amide bonds. The molecule has 0 unspecified atom stereocenters. The average Bonchev–Trinajstić information content (AvgIpc) is 2.06. The quantitative estimate of drug-likeness (QED) is 0.620. The van der Waals surface area contributed by atoms with Gasteiger partial charge in [-0.15, -0.1) is 13.2 Å². The van der Waals surface area contributed by atoms with Gasteiger partial charge in [-0.2, -0.15) is 0 Å². The number of halogens is 4. The van der Waals surface area contributed by atoms with E-state index in [0.717, 1.165) is 6.07 Å². The molecule has 14 heavy (non-hydrogen) atoms. The van der Waals surface area contributed by atoms with Crippen molar-refractivity contribution in [3.63, 3.8) is 0 Å². The highest BCUT2D eigenvalue weighted by molar-refractivity contribution is 14.1. The summed E-state index contributed by atoms with van der Waals surface area (Å²) in [6, 6.07) is 2.55. The number of hydrogen-bond donors (Lipinski definition) is 0. The van der Waals surface area contributed by atoms with Gasteiger partial charge in [0.2, 0.25) is 0 Å². The van der Waals surface area contributed by atoms with Crippen LogP contribution in [0.1, 0.15) is 0 Å². The van der Waals surface area contributed by atoms with E-state index in [1.807, 2.05) is 22.6 Å². The summed E-state index contributed by atoms with van der Waals surface area (Å²) in [6.07, 6.45) is -4.73. The van der Waals surface area contributed by atoms with Crippen LogP contribution in [0.15, 0.2) is 12.1 Å². The van der Waals surface area contributed by atoms with Gasteiger partial charge >= 0.3 is 6.36 Å². The molecule has 3 nitrogen and oxygen atoms in total. The Kier molecular flexibility index (Phi) is 3.40. The maximum absolute atomic E-state index is 11.9. The molecule has 0 bridgehead atoms. The van der Waals surface area contributed by atoms with E-state index in [2.05, 4.69) is 14.5 Å². The number of ether oxygens (including phenoxy) is 2. The number of hydrogen-bond acceptors (Lipinski definition) is 3. The Morgan fingerprint density at radius 1 is 1.36 bits per heavy atom. The van der Waals surface area contributed by atoms with E-state index < -0.39 is 12.1 Å². The summed E-state index contributed by atoms with van der Waals surface area (Å²) >= 11 is 1.85. The first-order chi connectivity index (χ1) is 6.42. The van der Waals surface area contributed by atoms with Crippen LogP contribution in [0.25, 0.3) is 0 Å². The third-order valence-corrected chi connectivity index (χ3v) is 1.81. The molecule has 7 heteroatoms. The maximum Gasteiger partial charge on any atom is 0.573 e. The third kappa shape index (κ3) is 3.20. The van der Waals surface area contributed by atoms with Gasteiger partial charge in [-0.25, -0.2) is 4.98 Å². The summed E-state index contributed by atoms with van der Waals surface area (Å²) in [4.78, 5) is 3.72. The van der Waals surface area contributed by atoms with Crippen LogP contribution in [-0.4, -0.2) is 18.5 Å². The highest BCUT2D eigenvalue weighted by Crippen LogP contribution is 2.30. The van der Waals surface area contributed by atoms with E-state index in [0.29, 0.717) is 3.70 Å². The SMILES string of the molecule is COc1nc(I)ccc1OC(F)(F)F. The van der Waals surface area contributed by atoms with E-state index in [4.69, 9.17) is 0 Å². The highest BCUT2D eigenvalue weighted by Gasteiger charge is 2.32. The van der Waals surface area contributed by atoms with E-state index in [-0.39, 0.29) is 5.88 Å². The van der Waals surface area contributed by atoms with Crippen molar-refractivity contribution in [2.75, 3.05) is 7.11 Å². The lowest BCUT2D eigenvalue weighted by Gasteiger charge is -2.11. The minimum atomic E-state index is -4.73. The first kappa shape index (κ1) is 11.3. The van der Waals surface area contributed by atoms with Gasteiger partial charge in [-0.1, -0.05) is 0 Å². The van der Waals surface area contributed by atoms with Crippen LogP contribution in [0.5, 0.6) is 11.6 Å². The van der Waals surface area contributed by atoms with Crippen LogP contribution in [-0.2, 0) is 0 Å². The van der Waals surface area contributed by atoms with Crippen LogP contribution < -0.4 is 9.47 Å². The van der Waals surface area contributed by atoms with Crippen LogP contribution in [0, 0.1) is 3.70 Å². The lowest BCUT2D eigenvalue weighted by Crippen LogP contribution is -2.17. The molecule has 0 fully saturated rings. The fourth-order valence-corrected chi connectivity index (χ4v) is 1.15. The van der Waals surface area contributed by atoms with Gasteiger partial charge in [0, 0.05) is 0 Å². The Morgan fingerprint density at radius 3 is 2.50 bits per heavy atom. The minimum absolute atomic E-state index is 0.186. The summed E-state index contributed by atoms with van der Waals surface area (Å²) in [5.74, 6) is -0.630. The third-order valence-electron chi connectivity index (χ3n) is 1.21. The Hall–Kier alpha value is -0.730. The van der Waals surface area contributed by atoms with Crippen molar-refractivity contribution in [3.05, 3.63) is 15.8 Å². The predicted octanol–water partition coefficient (Wildman–Crippen LogP) is 2.59. The molecular weight excluding hydrogens is 314 g/mol. The molecule has 0 N–H and O–H groups in total. The van der Waals surface area contributed by atoms with Crippen molar-refractivity contribution < 1.29 is 22.6 Å². The zero-order valence-corrected chi connectivity index (χ0v) is 9.09. The Balaban J connectivity index is 2.97. The lowest BCUT2D eigenvalue weighted by molar-refractivity contribution is -0.275. The summed E-state index contributed by atoms with van der Waals surface area (Å²) in [5.41, 5.74) is 0. The summed E-state index contributed by atoms with van der Waals surface area (Å²) in [7, 11) is 1.22. The van der Waals surface area contributed by atoms with Crippen LogP contribution in [0.2, 0.25) is 0 Å². The van der Waals surface area contributed by atoms with Gasteiger partial charge in [0.05, 0.1) is 7.11 Å². The molecule has 0 aromatic carbocycles. The van der Waals surface area contributed by atoms with Crippen molar-refractivity contribution in [2.45, 2.75) is 6.36 Å². The van der Waals surface area contributed by atoms with Gasteiger partial charge in [0.25, 0.3) is 5.88 Å². The number of nitrogens with zero attached hydrogens (tertiary/aromatic N) is 1. The standard InChI is InChI=1S/C7H5F3INO2/c1-13-6-4(14-7(8,9)10)2-3-5(11)12-6/h2-3H,1H3. The first-order valence-corrected chi connectivity index (χ1v) is 4.46. The molecule has 0 radical (unpaired) electrons. The fourth-order valence-electron chi connectivity index (χ4n) is 0.754. The summed E-state index contributed by atoms with van der Waals surface area (Å²) in [5, 5.41) is 0. The second-order valence-electron chi connectivity index (χ2n) is 2.19. The minimum Gasteiger partial charge on any atom is -0.478 e. The van der Waals surface area contributed by atoms with Gasteiger partial charge in [-0.05, 0) is 34.7 Å². The number of rotatable bonds is 2. The highest BCUT2D eigenvalue weighted by atomic mass is 127. The van der Waals surface area contributed by atoms with E-state index in [9.17, 15) is 13.2 Å². The second kappa shape index (κ2) is 4.20. The van der Waals surface area contributed by atoms with Crippen molar-refractivity contribution in [1.82, 2.24) is 4.98 Å². The molecule has 0 aliphatic rings. The molecule has 78 valence electrons. The second-order valence-corrected chi connectivity index (χ2v) is 3.29. The molecule has 1 aromatic heterocycles. The molecule has 1 rings (SSSR count). The van der Waals surface area contributed by atoms with Crippen LogP contribution in [0.3, 0.4) is 0 Å². The van der Waals surface area contributed by atoms with Gasteiger partial charge in [0.15, 0.2) is 5.75 Å². The van der Waals surface area contributed by atoms with E-state index >= 15 is 0 Å². The van der Waals surface area contributed by atoms with Gasteiger partial charge in [0.1, 0.15) is 3.70 Å². The molecule has 0 spiro atoms. The molecule has 1 aromatic rings. The van der Waals surface area contributed by atoms with Crippen LogP contribution >= 0.6 is 22.6 Å². The first-order valence-electron chi connectivity index (χ1n) is 3.38. The molecule has 0 atom stereocenters. The Bertz CT molecular complexity index is 329. The van der Waals surface area contributed by atoms with Crippen LogP contribution in [0.4, 0.5) is 13.2 Å². The van der Waals surface area contributed by atoms with Crippen molar-refractivity contribution >= 4 is 22.6 Å². The monoisotopic (exact) mass is 319 g/mol. The zero-order chi connectivity index (χ0) is 10.8. The fraction of sp³-hybridized carbons (Fsp3) is 0.286. The van der Waals surface area contributed by atoms with Crippen molar-refractivity contribution in [1.29, 1.82) is 0 Å². The maximum atomic E-state index is 11.9. The predicted molar refractivity (Wildman–Crippen MR) is 50.2 cm³/mol. The topological polar surface area (TPSA) is 31.4 Å². The number of alkyl halides is 3. The molecule has 0 saturated carbocycles. The number of pyridine rings is 1. The largest absolute Gasteiger partial charge is 0.573 e. The summed E-state index contributed by atoms with van der Waals surface area (Å²) < 4.78 is 44.4. The van der Waals surface area contributed by atoms with Gasteiger partial charge in [-0.3, -0.25) is 0 Å². The normalized spacial score (nSPS) is 11.2. The molecule has 1 heterocycles. The lowest BCUT2D eigenvalue weighted by atomic mass is 10.4. The molecule has 0 aliphatic carbocycles. The van der Waals surface area contributed by atoms with E-state index in [1.165, 1.54) is 13.2 Å². The molecule has 0 aliphatic heterocycles. The van der Waals surface area contributed by atoms with Crippen molar-refractivity contribution in [3.8, 4) is 11.6 Å². The van der Waals surface area contributed by atoms with Crippen molar-refractivity contribution in [2.24, 2.45) is 0 Å². The molecule has 0 saturated heterocycles. The Morgan fingerprint density at radius 2 is 2.00 bits per heavy atom. The zero-order valence-electron chi connectivity index (χ0n) is 6.93. The van der Waals surface area contributed by atoms with E-state index in [1.54, 1.807) is 0 Å². The number of aromatic nitrogens is 1.